The van der Waals surface area contributed by atoms with Crippen LogP contribution in [-0.2, 0) is 34.3 Å². The Morgan fingerprint density at radius 1 is 0.742 bits per heavy atom. The fourth-order valence-corrected chi connectivity index (χ4v) is 9.90. The molecule has 14 heteroatoms. The topological polar surface area (TPSA) is 125 Å². The molecule has 1 aliphatic carbocycles. The van der Waals surface area contributed by atoms with Crippen LogP contribution in [0.25, 0.3) is 0 Å². The Hall–Kier alpha value is -4.91. The maximum absolute atomic E-state index is 14.8. The van der Waals surface area contributed by atoms with Crippen molar-refractivity contribution in [2.75, 3.05) is 20.1 Å². The molecule has 3 aromatic rings. The van der Waals surface area contributed by atoms with Gasteiger partial charge in [0.15, 0.2) is 5.60 Å². The highest BCUT2D eigenvalue weighted by Crippen LogP contribution is 2.44. The van der Waals surface area contributed by atoms with Crippen molar-refractivity contribution in [1.29, 1.82) is 0 Å². The Balaban J connectivity index is 1.50. The number of benzene rings is 3. The number of rotatable bonds is 14. The number of esters is 1. The van der Waals surface area contributed by atoms with Crippen molar-refractivity contribution in [3.8, 4) is 0 Å². The lowest BCUT2D eigenvalue weighted by Gasteiger charge is -2.38. The third-order valence-electron chi connectivity index (χ3n) is 13.1. The Bertz CT molecular complexity index is 2080. The van der Waals surface area contributed by atoms with E-state index in [-0.39, 0.29) is 0 Å². The van der Waals surface area contributed by atoms with Gasteiger partial charge in [-0.1, -0.05) is 162 Å². The molecule has 3 atom stereocenters. The Kier molecular flexibility index (Phi) is 18.7. The normalized spacial score (nSPS) is 17.8. The number of nitrogens with one attached hydrogen (secondary N) is 2. The van der Waals surface area contributed by atoms with Crippen LogP contribution < -0.4 is 10.6 Å². The van der Waals surface area contributed by atoms with E-state index in [2.05, 4.69) is 17.4 Å². The number of likely N-dealkylation sites (N-methyl/N-ethyl adjacent to an activating group) is 1. The van der Waals surface area contributed by atoms with E-state index in [9.17, 15) is 37.1 Å². The SMILES string of the molecule is CC(C)[C@@H](C(=O)N[C@@H](CC(=O)OC(c1ccccc1)(c1ccc(C2CCCCCCCCCCCC2)cc1)c1ccccc1Cl)C(=O)N1CCCC1)N(C)C(=O)C(C)(C)NC(=O)C(F)(F)F. The number of ether oxygens (including phenoxy) is 1. The van der Waals surface area contributed by atoms with Crippen LogP contribution in [0, 0.1) is 5.92 Å². The molecule has 2 aliphatic rings. The first kappa shape index (κ1) is 52.1. The van der Waals surface area contributed by atoms with Crippen molar-refractivity contribution >= 4 is 41.2 Å². The predicted octanol–water partition coefficient (Wildman–Crippen LogP) is 10.4. The van der Waals surface area contributed by atoms with Crippen molar-refractivity contribution < 1.29 is 41.9 Å². The highest BCUT2D eigenvalue weighted by molar-refractivity contribution is 6.31. The fourth-order valence-electron chi connectivity index (χ4n) is 9.63. The van der Waals surface area contributed by atoms with Crippen LogP contribution in [0.1, 0.15) is 152 Å². The summed E-state index contributed by atoms with van der Waals surface area (Å²) in [7, 11) is 1.24. The molecule has 1 heterocycles. The molecule has 1 aliphatic heterocycles. The summed E-state index contributed by atoms with van der Waals surface area (Å²) in [5.41, 5.74) is -0.719. The van der Waals surface area contributed by atoms with Gasteiger partial charge in [0.05, 0.1) is 6.42 Å². The number of likely N-dealkylation sites (tertiary alicyclic amines) is 1. The van der Waals surface area contributed by atoms with Crippen LogP contribution in [-0.4, -0.2) is 83.3 Å². The van der Waals surface area contributed by atoms with E-state index in [4.69, 9.17) is 16.3 Å². The smallest absolute Gasteiger partial charge is 0.444 e. The number of halogens is 4. The van der Waals surface area contributed by atoms with Gasteiger partial charge >= 0.3 is 18.1 Å². The lowest BCUT2D eigenvalue weighted by atomic mass is 9.78. The Morgan fingerprint density at radius 3 is 1.79 bits per heavy atom. The highest BCUT2D eigenvalue weighted by Gasteiger charge is 2.47. The lowest BCUT2D eigenvalue weighted by Crippen LogP contribution is -2.63. The zero-order valence-corrected chi connectivity index (χ0v) is 39.9. The summed E-state index contributed by atoms with van der Waals surface area (Å²) in [6, 6.07) is 21.9. The lowest BCUT2D eigenvalue weighted by molar-refractivity contribution is -0.176. The Morgan fingerprint density at radius 2 is 1.26 bits per heavy atom. The maximum atomic E-state index is 14.8. The van der Waals surface area contributed by atoms with Crippen LogP contribution in [0.5, 0.6) is 0 Å². The first-order chi connectivity index (χ1) is 31.4. The summed E-state index contributed by atoms with van der Waals surface area (Å²) in [5, 5.41) is 4.78. The molecule has 1 unspecified atom stereocenters. The van der Waals surface area contributed by atoms with E-state index in [0.29, 0.717) is 40.7 Å². The van der Waals surface area contributed by atoms with Gasteiger partial charge in [-0.2, -0.15) is 13.2 Å². The minimum absolute atomic E-state index is 0.341. The number of hydrogen-bond acceptors (Lipinski definition) is 6. The van der Waals surface area contributed by atoms with Crippen LogP contribution in [0.2, 0.25) is 5.02 Å². The summed E-state index contributed by atoms with van der Waals surface area (Å²) in [4.78, 5) is 71.5. The molecule has 10 nitrogen and oxygen atoms in total. The van der Waals surface area contributed by atoms with Gasteiger partial charge in [-0.3, -0.25) is 24.0 Å². The van der Waals surface area contributed by atoms with Gasteiger partial charge < -0.3 is 25.2 Å². The summed E-state index contributed by atoms with van der Waals surface area (Å²) in [5.74, 6) is -5.69. The van der Waals surface area contributed by atoms with Crippen molar-refractivity contribution in [3.05, 3.63) is 106 Å². The number of carbonyl (C=O) groups excluding carboxylic acids is 5. The molecule has 1 saturated heterocycles. The number of carbonyl (C=O) groups is 5. The standard InChI is InChI=1S/C52H68ClF3N4O6/c1-36(2)45(59(5)49(65)50(3,4)58-48(64)52(54,55)56)46(62)57-43(47(63)60-33-21-22-34-60)35-44(61)66-51(39-25-17-14-18-26-39,41-27-19-20-28-42(41)53)40-31-29-38(30-32-40)37-23-15-12-10-8-6-7-9-11-13-16-24-37/h14,17-20,25-32,36-37,43,45H,6-13,15-16,21-24,33-35H2,1-5H3,(H,57,62)(H,58,64)/t43-,45-,51?/m0/s1. The van der Waals surface area contributed by atoms with Crippen LogP contribution in [0.3, 0.4) is 0 Å². The summed E-state index contributed by atoms with van der Waals surface area (Å²) in [6.45, 7) is 6.28. The van der Waals surface area contributed by atoms with Gasteiger partial charge in [0, 0.05) is 41.9 Å². The molecule has 360 valence electrons. The summed E-state index contributed by atoms with van der Waals surface area (Å²) < 4.78 is 46.4. The quantitative estimate of drug-likeness (QED) is 0.123. The van der Waals surface area contributed by atoms with Crippen LogP contribution in [0.4, 0.5) is 13.2 Å². The fraction of sp³-hybridized carbons (Fsp3) is 0.558. The number of amides is 4. The second kappa shape index (κ2) is 23.7. The van der Waals surface area contributed by atoms with E-state index in [1.165, 1.54) is 64.0 Å². The van der Waals surface area contributed by atoms with Gasteiger partial charge in [0.2, 0.25) is 17.7 Å². The zero-order chi connectivity index (χ0) is 48.1. The summed E-state index contributed by atoms with van der Waals surface area (Å²) >= 11 is 7.04. The van der Waals surface area contributed by atoms with Gasteiger partial charge in [-0.05, 0) is 63.0 Å². The van der Waals surface area contributed by atoms with Crippen molar-refractivity contribution in [2.24, 2.45) is 5.92 Å². The van der Waals surface area contributed by atoms with Crippen molar-refractivity contribution in [3.63, 3.8) is 0 Å². The third kappa shape index (κ3) is 13.4. The van der Waals surface area contributed by atoms with E-state index >= 15 is 0 Å². The molecule has 0 spiro atoms. The molecule has 2 fully saturated rings. The van der Waals surface area contributed by atoms with E-state index in [0.717, 1.165) is 57.3 Å². The molecule has 1 saturated carbocycles. The van der Waals surface area contributed by atoms with E-state index in [1.807, 2.05) is 48.5 Å². The minimum atomic E-state index is -5.25. The highest BCUT2D eigenvalue weighted by atomic mass is 35.5. The number of alkyl halides is 3. The minimum Gasteiger partial charge on any atom is -0.444 e. The second-order valence-corrected chi connectivity index (χ2v) is 19.3. The molecule has 66 heavy (non-hydrogen) atoms. The van der Waals surface area contributed by atoms with Crippen LogP contribution in [0.15, 0.2) is 78.9 Å². The zero-order valence-electron chi connectivity index (χ0n) is 39.2. The molecule has 0 aromatic heterocycles. The Labute approximate surface area is 393 Å². The average molecular weight is 938 g/mol. The summed E-state index contributed by atoms with van der Waals surface area (Å²) in [6.07, 6.45) is 10.2. The van der Waals surface area contributed by atoms with Gasteiger partial charge in [-0.25, -0.2) is 0 Å². The van der Waals surface area contributed by atoms with E-state index < -0.39 is 71.3 Å². The third-order valence-corrected chi connectivity index (χ3v) is 13.4. The van der Waals surface area contributed by atoms with E-state index in [1.54, 1.807) is 42.3 Å². The number of nitrogens with zero attached hydrogens (tertiary/aromatic N) is 2. The first-order valence-electron chi connectivity index (χ1n) is 23.8. The second-order valence-electron chi connectivity index (χ2n) is 18.9. The molecule has 4 amide bonds. The largest absolute Gasteiger partial charge is 0.471 e. The molecule has 3 aromatic carbocycles. The van der Waals surface area contributed by atoms with Crippen molar-refractivity contribution in [1.82, 2.24) is 20.4 Å². The predicted molar refractivity (Wildman–Crippen MR) is 250 cm³/mol. The average Bonchev–Trinajstić information content (AvgIpc) is 3.83. The van der Waals surface area contributed by atoms with Gasteiger partial charge in [0.1, 0.15) is 17.6 Å². The molecule has 5 rings (SSSR count). The van der Waals surface area contributed by atoms with Crippen LogP contribution >= 0.6 is 11.6 Å². The molecular weight excluding hydrogens is 869 g/mol. The molecular formula is C52H68ClF3N4O6. The maximum Gasteiger partial charge on any atom is 0.471 e. The van der Waals surface area contributed by atoms with Gasteiger partial charge in [0.25, 0.3) is 0 Å². The molecule has 2 N–H and O–H groups in total. The number of hydrogen-bond donors (Lipinski definition) is 2. The monoisotopic (exact) mass is 936 g/mol. The van der Waals surface area contributed by atoms with Crippen molar-refractivity contribution in [2.45, 2.75) is 159 Å². The molecule has 0 bridgehead atoms. The first-order valence-corrected chi connectivity index (χ1v) is 24.1. The van der Waals surface area contributed by atoms with Gasteiger partial charge in [-0.15, -0.1) is 0 Å². The molecule has 0 radical (unpaired) electrons.